The number of hydrogen-bond acceptors (Lipinski definition) is 4. The molecule has 0 radical (unpaired) electrons. The van der Waals surface area contributed by atoms with Crippen molar-refractivity contribution >= 4 is 5.82 Å². The van der Waals surface area contributed by atoms with Gasteiger partial charge >= 0.3 is 6.18 Å². The van der Waals surface area contributed by atoms with Crippen molar-refractivity contribution in [1.82, 2.24) is 10.2 Å². The average Bonchev–Trinajstić information content (AvgIpc) is 2.34. The Morgan fingerprint density at radius 2 is 2.00 bits per heavy atom. The summed E-state index contributed by atoms with van der Waals surface area (Å²) < 4.78 is 37.0. The van der Waals surface area contributed by atoms with E-state index in [4.69, 9.17) is 5.73 Å². The second-order valence-electron chi connectivity index (χ2n) is 4.15. The lowest BCUT2D eigenvalue weighted by Gasteiger charge is -2.24. The van der Waals surface area contributed by atoms with Crippen LogP contribution in [-0.4, -0.2) is 29.8 Å². The average molecular weight is 262 g/mol. The van der Waals surface area contributed by atoms with Gasteiger partial charge in [-0.1, -0.05) is 6.92 Å². The maximum Gasteiger partial charge on any atom is 0.435 e. The SMILES string of the molecule is CCN(CC(C)CN)c1ccc(C(F)(F)F)nn1. The van der Waals surface area contributed by atoms with Crippen LogP contribution >= 0.6 is 0 Å². The molecule has 1 aromatic heterocycles. The molecule has 0 aliphatic carbocycles. The lowest BCUT2D eigenvalue weighted by Crippen LogP contribution is -2.32. The van der Waals surface area contributed by atoms with Crippen LogP contribution in [0.3, 0.4) is 0 Å². The third-order valence-corrected chi connectivity index (χ3v) is 2.58. The van der Waals surface area contributed by atoms with Gasteiger partial charge in [0.05, 0.1) is 0 Å². The Morgan fingerprint density at radius 1 is 1.33 bits per heavy atom. The second kappa shape index (κ2) is 5.99. The van der Waals surface area contributed by atoms with Crippen molar-refractivity contribution in [2.45, 2.75) is 20.0 Å². The lowest BCUT2D eigenvalue weighted by atomic mass is 10.1. The van der Waals surface area contributed by atoms with Crippen molar-refractivity contribution in [3.8, 4) is 0 Å². The minimum atomic E-state index is -4.45. The molecular weight excluding hydrogens is 245 g/mol. The molecule has 0 aromatic carbocycles. The molecule has 4 nitrogen and oxygen atoms in total. The van der Waals surface area contributed by atoms with E-state index in [2.05, 4.69) is 10.2 Å². The van der Waals surface area contributed by atoms with E-state index in [0.717, 1.165) is 6.07 Å². The van der Waals surface area contributed by atoms with Crippen LogP contribution in [0.2, 0.25) is 0 Å². The van der Waals surface area contributed by atoms with Gasteiger partial charge in [-0.05, 0) is 31.5 Å². The zero-order valence-electron chi connectivity index (χ0n) is 10.4. The first-order chi connectivity index (χ1) is 8.38. The molecule has 1 heterocycles. The van der Waals surface area contributed by atoms with Gasteiger partial charge in [0.1, 0.15) is 0 Å². The van der Waals surface area contributed by atoms with Crippen molar-refractivity contribution in [3.05, 3.63) is 17.8 Å². The highest BCUT2D eigenvalue weighted by Crippen LogP contribution is 2.27. The summed E-state index contributed by atoms with van der Waals surface area (Å²) in [4.78, 5) is 1.85. The molecular formula is C11H17F3N4. The monoisotopic (exact) mass is 262 g/mol. The quantitative estimate of drug-likeness (QED) is 0.880. The fourth-order valence-electron chi connectivity index (χ4n) is 1.48. The predicted octanol–water partition coefficient (Wildman–Crippen LogP) is 1.92. The lowest BCUT2D eigenvalue weighted by molar-refractivity contribution is -0.141. The standard InChI is InChI=1S/C11H17F3N4/c1-3-18(7-8(2)6-15)10-5-4-9(16-17-10)11(12,13)14/h4-5,8H,3,6-7,15H2,1-2H3. The van der Waals surface area contributed by atoms with Gasteiger partial charge in [0, 0.05) is 13.1 Å². The van der Waals surface area contributed by atoms with Gasteiger partial charge in [-0.25, -0.2) is 0 Å². The Bertz CT molecular complexity index is 364. The highest BCUT2D eigenvalue weighted by atomic mass is 19.4. The Balaban J connectivity index is 2.82. The minimum Gasteiger partial charge on any atom is -0.355 e. The van der Waals surface area contributed by atoms with Crippen LogP contribution in [0.1, 0.15) is 19.5 Å². The van der Waals surface area contributed by atoms with Crippen LogP contribution in [0.25, 0.3) is 0 Å². The maximum atomic E-state index is 12.3. The largest absolute Gasteiger partial charge is 0.435 e. The van der Waals surface area contributed by atoms with E-state index in [-0.39, 0.29) is 5.92 Å². The van der Waals surface area contributed by atoms with E-state index in [1.165, 1.54) is 6.07 Å². The zero-order valence-corrected chi connectivity index (χ0v) is 10.4. The van der Waals surface area contributed by atoms with Crippen LogP contribution in [-0.2, 0) is 6.18 Å². The molecule has 0 aliphatic rings. The van der Waals surface area contributed by atoms with Crippen molar-refractivity contribution in [1.29, 1.82) is 0 Å². The van der Waals surface area contributed by atoms with Gasteiger partial charge in [0.2, 0.25) is 0 Å². The first-order valence-corrected chi connectivity index (χ1v) is 5.74. The highest BCUT2D eigenvalue weighted by Gasteiger charge is 2.33. The molecule has 18 heavy (non-hydrogen) atoms. The molecule has 0 saturated carbocycles. The van der Waals surface area contributed by atoms with E-state index >= 15 is 0 Å². The molecule has 0 bridgehead atoms. The summed E-state index contributed by atoms with van der Waals surface area (Å²) in [6, 6.07) is 2.28. The smallest absolute Gasteiger partial charge is 0.355 e. The molecule has 0 spiro atoms. The van der Waals surface area contributed by atoms with E-state index in [0.29, 0.717) is 25.5 Å². The number of rotatable bonds is 5. The van der Waals surface area contributed by atoms with Crippen molar-refractivity contribution in [3.63, 3.8) is 0 Å². The summed E-state index contributed by atoms with van der Waals surface area (Å²) in [7, 11) is 0. The normalized spacial score (nSPS) is 13.4. The third kappa shape index (κ3) is 3.83. The molecule has 1 unspecified atom stereocenters. The predicted molar refractivity (Wildman–Crippen MR) is 63.1 cm³/mol. The molecule has 1 aromatic rings. The van der Waals surface area contributed by atoms with Gasteiger partial charge in [-0.15, -0.1) is 10.2 Å². The molecule has 0 saturated heterocycles. The van der Waals surface area contributed by atoms with Gasteiger partial charge in [0.15, 0.2) is 11.5 Å². The third-order valence-electron chi connectivity index (χ3n) is 2.58. The fraction of sp³-hybridized carbons (Fsp3) is 0.636. The number of nitrogens with two attached hydrogens (primary N) is 1. The maximum absolute atomic E-state index is 12.3. The first kappa shape index (κ1) is 14.7. The van der Waals surface area contributed by atoms with E-state index in [1.807, 2.05) is 18.7 Å². The van der Waals surface area contributed by atoms with Crippen molar-refractivity contribution in [2.24, 2.45) is 11.7 Å². The zero-order chi connectivity index (χ0) is 13.8. The summed E-state index contributed by atoms with van der Waals surface area (Å²) in [6.45, 7) is 5.69. The number of aromatic nitrogens is 2. The topological polar surface area (TPSA) is 55.0 Å². The van der Waals surface area contributed by atoms with Crippen molar-refractivity contribution < 1.29 is 13.2 Å². The molecule has 2 N–H and O–H groups in total. The Labute approximate surface area is 104 Å². The van der Waals surface area contributed by atoms with Crippen LogP contribution in [0, 0.1) is 5.92 Å². The number of halogens is 3. The Hall–Kier alpha value is -1.37. The summed E-state index contributed by atoms with van der Waals surface area (Å²) >= 11 is 0. The Kier molecular flexibility index (Phi) is 4.89. The first-order valence-electron chi connectivity index (χ1n) is 5.74. The number of hydrogen-bond donors (Lipinski definition) is 1. The van der Waals surface area contributed by atoms with Crippen LogP contribution in [0.4, 0.5) is 19.0 Å². The number of nitrogens with zero attached hydrogens (tertiary/aromatic N) is 3. The van der Waals surface area contributed by atoms with Crippen LogP contribution in [0.5, 0.6) is 0 Å². The van der Waals surface area contributed by atoms with E-state index in [9.17, 15) is 13.2 Å². The van der Waals surface area contributed by atoms with Gasteiger partial charge in [-0.2, -0.15) is 13.2 Å². The minimum absolute atomic E-state index is 0.244. The van der Waals surface area contributed by atoms with E-state index < -0.39 is 11.9 Å². The molecule has 1 atom stereocenters. The number of alkyl halides is 3. The molecule has 0 aliphatic heterocycles. The van der Waals surface area contributed by atoms with Crippen LogP contribution in [0.15, 0.2) is 12.1 Å². The summed E-state index contributed by atoms with van der Waals surface area (Å²) in [5.41, 5.74) is 4.55. The molecule has 1 rings (SSSR count). The van der Waals surface area contributed by atoms with E-state index in [1.54, 1.807) is 0 Å². The van der Waals surface area contributed by atoms with Crippen LogP contribution < -0.4 is 10.6 Å². The molecule has 7 heteroatoms. The summed E-state index contributed by atoms with van der Waals surface area (Å²) in [5.74, 6) is 0.680. The summed E-state index contributed by atoms with van der Waals surface area (Å²) in [6.07, 6.45) is -4.45. The Morgan fingerprint density at radius 3 is 2.39 bits per heavy atom. The van der Waals surface area contributed by atoms with Gasteiger partial charge < -0.3 is 10.6 Å². The molecule has 0 fully saturated rings. The second-order valence-corrected chi connectivity index (χ2v) is 4.15. The van der Waals surface area contributed by atoms with Gasteiger partial charge in [0.25, 0.3) is 0 Å². The van der Waals surface area contributed by atoms with Crippen molar-refractivity contribution in [2.75, 3.05) is 24.5 Å². The molecule has 102 valence electrons. The van der Waals surface area contributed by atoms with Gasteiger partial charge in [-0.3, -0.25) is 0 Å². The summed E-state index contributed by atoms with van der Waals surface area (Å²) in [5, 5.41) is 6.82. The molecule has 0 amide bonds. The highest BCUT2D eigenvalue weighted by molar-refractivity contribution is 5.37. The fourth-order valence-corrected chi connectivity index (χ4v) is 1.48. The number of anilines is 1.